The van der Waals surface area contributed by atoms with E-state index in [0.29, 0.717) is 20.7 Å². The zero-order chi connectivity index (χ0) is 15.1. The van der Waals surface area contributed by atoms with Gasteiger partial charge in [0, 0.05) is 13.2 Å². The quantitative estimate of drug-likeness (QED) is 0.557. The van der Waals surface area contributed by atoms with Gasteiger partial charge in [-0.15, -0.1) is 0 Å². The minimum atomic E-state index is -0.690. The van der Waals surface area contributed by atoms with Crippen molar-refractivity contribution in [3.05, 3.63) is 23.8 Å². The van der Waals surface area contributed by atoms with Crippen molar-refractivity contribution in [3.63, 3.8) is 0 Å². The summed E-state index contributed by atoms with van der Waals surface area (Å²) in [4.78, 5) is 0. The fourth-order valence-corrected chi connectivity index (χ4v) is 2.30. The number of rotatable bonds is 7. The van der Waals surface area contributed by atoms with Crippen molar-refractivity contribution in [2.24, 2.45) is 5.73 Å². The van der Waals surface area contributed by atoms with Crippen LogP contribution in [0, 0.1) is 0 Å². The van der Waals surface area contributed by atoms with Crippen molar-refractivity contribution in [1.82, 2.24) is 0 Å². The lowest BCUT2D eigenvalue weighted by Crippen LogP contribution is -2.30. The summed E-state index contributed by atoms with van der Waals surface area (Å²) in [5.74, 6) is 0.760. The van der Waals surface area contributed by atoms with Gasteiger partial charge in [-0.1, -0.05) is 25.5 Å². The van der Waals surface area contributed by atoms with Crippen LogP contribution in [0.3, 0.4) is 0 Å². The molecular formula is C15H24BNO4. The Morgan fingerprint density at radius 2 is 2.38 bits per heavy atom. The summed E-state index contributed by atoms with van der Waals surface area (Å²) in [6.45, 7) is 4.06. The zero-order valence-electron chi connectivity index (χ0n) is 12.6. The summed E-state index contributed by atoms with van der Waals surface area (Å²) in [7, 11) is 0.407. The second-order valence-corrected chi connectivity index (χ2v) is 5.25. The fourth-order valence-electron chi connectivity index (χ4n) is 2.30. The maximum Gasteiger partial charge on any atom is 0.313 e. The van der Waals surface area contributed by atoms with E-state index in [0.717, 1.165) is 36.2 Å². The monoisotopic (exact) mass is 293 g/mol. The maximum atomic E-state index is 9.98. The van der Waals surface area contributed by atoms with Crippen molar-refractivity contribution < 1.29 is 19.2 Å². The summed E-state index contributed by atoms with van der Waals surface area (Å²) in [6, 6.07) is 5.62. The Hall–Kier alpha value is -1.08. The molecule has 3 N–H and O–H groups in total. The van der Waals surface area contributed by atoms with Gasteiger partial charge < -0.3 is 25.0 Å². The van der Waals surface area contributed by atoms with E-state index in [1.807, 2.05) is 18.2 Å². The number of hydrogen-bond acceptors (Lipinski definition) is 5. The SMILES string of the molecule is CCCCOCC1COc2cccc(C(O)CN)c2BO1. The molecule has 1 aliphatic heterocycles. The molecule has 0 saturated carbocycles. The van der Waals surface area contributed by atoms with E-state index >= 15 is 0 Å². The van der Waals surface area contributed by atoms with Gasteiger partial charge in [0.15, 0.2) is 0 Å². The lowest BCUT2D eigenvalue weighted by atomic mass is 9.81. The van der Waals surface area contributed by atoms with E-state index in [1.165, 1.54) is 0 Å². The van der Waals surface area contributed by atoms with Crippen LogP contribution in [0.2, 0.25) is 0 Å². The van der Waals surface area contributed by atoms with Crippen LogP contribution in [-0.2, 0) is 9.39 Å². The highest BCUT2D eigenvalue weighted by Gasteiger charge is 2.23. The highest BCUT2D eigenvalue weighted by molar-refractivity contribution is 6.49. The average molecular weight is 293 g/mol. The van der Waals surface area contributed by atoms with Gasteiger partial charge in [0.1, 0.15) is 12.4 Å². The van der Waals surface area contributed by atoms with E-state index in [9.17, 15) is 5.11 Å². The van der Waals surface area contributed by atoms with Crippen molar-refractivity contribution in [2.75, 3.05) is 26.4 Å². The number of aliphatic hydroxyl groups excluding tert-OH is 1. The molecule has 0 aliphatic carbocycles. The molecule has 0 aromatic heterocycles. The molecule has 0 spiro atoms. The number of benzene rings is 1. The summed E-state index contributed by atoms with van der Waals surface area (Å²) in [6.07, 6.45) is 1.40. The van der Waals surface area contributed by atoms with Gasteiger partial charge in [0.25, 0.3) is 0 Å². The second kappa shape index (κ2) is 8.39. The van der Waals surface area contributed by atoms with Crippen molar-refractivity contribution >= 4 is 12.9 Å². The van der Waals surface area contributed by atoms with E-state index in [-0.39, 0.29) is 12.6 Å². The molecule has 2 unspecified atom stereocenters. The molecule has 116 valence electrons. The third kappa shape index (κ3) is 4.44. The first-order valence-corrected chi connectivity index (χ1v) is 7.58. The Balaban J connectivity index is 1.97. The van der Waals surface area contributed by atoms with Crippen molar-refractivity contribution in [2.45, 2.75) is 32.0 Å². The largest absolute Gasteiger partial charge is 0.491 e. The third-order valence-corrected chi connectivity index (χ3v) is 3.59. The highest BCUT2D eigenvalue weighted by atomic mass is 16.5. The molecule has 1 aromatic carbocycles. The Kier molecular flexibility index (Phi) is 6.51. The predicted octanol–water partition coefficient (Wildman–Crippen LogP) is 0.250. The van der Waals surface area contributed by atoms with Gasteiger partial charge in [0.05, 0.1) is 18.8 Å². The number of ether oxygens (including phenoxy) is 2. The molecule has 0 saturated heterocycles. The highest BCUT2D eigenvalue weighted by Crippen LogP contribution is 2.18. The average Bonchev–Trinajstić information content (AvgIpc) is 2.73. The molecule has 5 nitrogen and oxygen atoms in total. The first-order valence-electron chi connectivity index (χ1n) is 7.58. The van der Waals surface area contributed by atoms with Crippen LogP contribution in [0.5, 0.6) is 5.75 Å². The standard InChI is InChI=1S/C15H24BNO4/c1-2-3-7-19-9-11-10-20-14-6-4-5-12(13(18)8-17)15(14)16-21-11/h4-6,11,13,16,18H,2-3,7-10,17H2,1H3. The topological polar surface area (TPSA) is 73.9 Å². The van der Waals surface area contributed by atoms with Crippen LogP contribution in [-0.4, -0.2) is 45.1 Å². The lowest BCUT2D eigenvalue weighted by molar-refractivity contribution is 0.0303. The summed E-state index contributed by atoms with van der Waals surface area (Å²) in [5, 5.41) is 9.98. The van der Waals surface area contributed by atoms with Gasteiger partial charge in [0.2, 0.25) is 0 Å². The maximum absolute atomic E-state index is 9.98. The molecule has 0 fully saturated rings. The van der Waals surface area contributed by atoms with Crippen LogP contribution in [0.15, 0.2) is 18.2 Å². The Bertz CT molecular complexity index is 444. The molecule has 2 rings (SSSR count). The van der Waals surface area contributed by atoms with Gasteiger partial charge in [-0.05, 0) is 23.5 Å². The molecule has 0 amide bonds. The van der Waals surface area contributed by atoms with Crippen molar-refractivity contribution in [3.8, 4) is 5.75 Å². The number of aliphatic hydroxyl groups is 1. The number of fused-ring (bicyclic) bond motifs is 1. The minimum Gasteiger partial charge on any atom is -0.491 e. The first-order chi connectivity index (χ1) is 10.3. The number of nitrogens with two attached hydrogens (primary N) is 1. The molecule has 6 heteroatoms. The van der Waals surface area contributed by atoms with Crippen LogP contribution < -0.4 is 15.9 Å². The normalized spacial score (nSPS) is 19.1. The van der Waals surface area contributed by atoms with Gasteiger partial charge >= 0.3 is 7.48 Å². The fraction of sp³-hybridized carbons (Fsp3) is 0.600. The summed E-state index contributed by atoms with van der Waals surface area (Å²) < 4.78 is 17.2. The third-order valence-electron chi connectivity index (χ3n) is 3.59. The predicted molar refractivity (Wildman–Crippen MR) is 83.3 cm³/mol. The zero-order valence-corrected chi connectivity index (χ0v) is 12.6. The summed E-state index contributed by atoms with van der Waals surface area (Å²) >= 11 is 0. The Morgan fingerprint density at radius 1 is 1.52 bits per heavy atom. The van der Waals surface area contributed by atoms with E-state index < -0.39 is 6.10 Å². The number of unbranched alkanes of at least 4 members (excludes halogenated alkanes) is 1. The van der Waals surface area contributed by atoms with E-state index in [4.69, 9.17) is 19.9 Å². The lowest BCUT2D eigenvalue weighted by Gasteiger charge is -2.15. The van der Waals surface area contributed by atoms with Crippen LogP contribution >= 0.6 is 0 Å². The van der Waals surface area contributed by atoms with Gasteiger partial charge in [-0.25, -0.2) is 0 Å². The van der Waals surface area contributed by atoms with Crippen LogP contribution in [0.1, 0.15) is 31.4 Å². The second-order valence-electron chi connectivity index (χ2n) is 5.25. The molecule has 2 atom stereocenters. The number of hydrogen-bond donors (Lipinski definition) is 2. The Morgan fingerprint density at radius 3 is 3.14 bits per heavy atom. The smallest absolute Gasteiger partial charge is 0.313 e. The van der Waals surface area contributed by atoms with E-state index in [2.05, 4.69) is 6.92 Å². The van der Waals surface area contributed by atoms with Crippen LogP contribution in [0.4, 0.5) is 0 Å². The summed E-state index contributed by atoms with van der Waals surface area (Å²) in [5.41, 5.74) is 7.21. The molecule has 0 bridgehead atoms. The van der Waals surface area contributed by atoms with Gasteiger partial charge in [-0.2, -0.15) is 0 Å². The molecule has 1 aliphatic rings. The first kappa shape index (κ1) is 16.3. The molecule has 1 heterocycles. The van der Waals surface area contributed by atoms with E-state index in [1.54, 1.807) is 0 Å². The molecule has 21 heavy (non-hydrogen) atoms. The molecule has 1 aromatic rings. The van der Waals surface area contributed by atoms with Crippen molar-refractivity contribution in [1.29, 1.82) is 0 Å². The van der Waals surface area contributed by atoms with Gasteiger partial charge in [-0.3, -0.25) is 0 Å². The Labute approximate surface area is 126 Å². The van der Waals surface area contributed by atoms with Crippen LogP contribution in [0.25, 0.3) is 0 Å². The molecular weight excluding hydrogens is 269 g/mol. The molecule has 0 radical (unpaired) electrons. The minimum absolute atomic E-state index is 0.0860.